The zero-order valence-corrected chi connectivity index (χ0v) is 13.5. The van der Waals surface area contributed by atoms with Crippen molar-refractivity contribution in [3.05, 3.63) is 71.8 Å². The molecular weight excluding hydrogens is 296 g/mol. The molecule has 0 spiro atoms. The molecule has 4 rings (SSSR count). The minimum Gasteiger partial charge on any atom is -0.396 e. The molecule has 2 nitrogen and oxygen atoms in total. The highest BCUT2D eigenvalue weighted by Crippen LogP contribution is 2.35. The Morgan fingerprint density at radius 3 is 2.08 bits per heavy atom. The largest absolute Gasteiger partial charge is 0.396 e. The van der Waals surface area contributed by atoms with Crippen molar-refractivity contribution in [2.45, 2.75) is 12.8 Å². The third-order valence-corrected chi connectivity index (χ3v) is 4.82. The van der Waals surface area contributed by atoms with E-state index in [1.165, 1.54) is 43.4 Å². The molecule has 0 aliphatic heterocycles. The molecule has 4 aromatic carbocycles. The summed E-state index contributed by atoms with van der Waals surface area (Å²) in [6, 6.07) is 21.2. The van der Waals surface area contributed by atoms with Crippen LogP contribution in [0, 0.1) is 0 Å². The maximum atomic E-state index is 9.47. The van der Waals surface area contributed by atoms with Gasteiger partial charge in [0.2, 0.25) is 0 Å². The van der Waals surface area contributed by atoms with Crippen LogP contribution in [0.1, 0.15) is 11.1 Å². The van der Waals surface area contributed by atoms with E-state index in [-0.39, 0.29) is 13.2 Å². The maximum absolute atomic E-state index is 9.47. The third-order valence-electron chi connectivity index (χ3n) is 4.82. The molecule has 0 unspecified atom stereocenters. The summed E-state index contributed by atoms with van der Waals surface area (Å²) >= 11 is 0. The highest BCUT2D eigenvalue weighted by molar-refractivity contribution is 6.18. The Balaban J connectivity index is 2.19. The summed E-state index contributed by atoms with van der Waals surface area (Å²) in [7, 11) is 0. The van der Waals surface area contributed by atoms with E-state index in [4.69, 9.17) is 0 Å². The summed E-state index contributed by atoms with van der Waals surface area (Å²) in [5.41, 5.74) is 2.35. The standard InChI is InChI=1S/C22H20O2/c23-12-10-16-5-3-4-15-8-9-20-19-7-2-1-6-18(19)17(11-13-24)14-21(20)22(15)16/h1-9,14,23-24H,10-13H2. The molecular formula is C22H20O2. The van der Waals surface area contributed by atoms with Crippen LogP contribution in [0.25, 0.3) is 32.3 Å². The molecule has 24 heavy (non-hydrogen) atoms. The smallest absolute Gasteiger partial charge is 0.0471 e. The molecule has 0 saturated carbocycles. The fourth-order valence-corrected chi connectivity index (χ4v) is 3.78. The predicted molar refractivity (Wildman–Crippen MR) is 101 cm³/mol. The first kappa shape index (κ1) is 15.1. The van der Waals surface area contributed by atoms with Gasteiger partial charge in [-0.2, -0.15) is 0 Å². The molecule has 0 saturated heterocycles. The number of fused-ring (bicyclic) bond motifs is 5. The Bertz CT molecular complexity index is 1030. The SMILES string of the molecule is OCCc1cc2c(ccc3cccc(CCO)c32)c2ccccc12. The van der Waals surface area contributed by atoms with Crippen LogP contribution in [0.15, 0.2) is 60.7 Å². The van der Waals surface area contributed by atoms with Crippen molar-refractivity contribution in [2.75, 3.05) is 13.2 Å². The number of aliphatic hydroxyl groups is 2. The summed E-state index contributed by atoms with van der Waals surface area (Å²) in [5, 5.41) is 26.2. The number of aliphatic hydroxyl groups excluding tert-OH is 2. The van der Waals surface area contributed by atoms with E-state index in [1.54, 1.807) is 0 Å². The number of rotatable bonds is 4. The van der Waals surface area contributed by atoms with Gasteiger partial charge in [0.05, 0.1) is 0 Å². The summed E-state index contributed by atoms with van der Waals surface area (Å²) in [6.07, 6.45) is 1.30. The third kappa shape index (κ3) is 2.35. The summed E-state index contributed by atoms with van der Waals surface area (Å²) < 4.78 is 0. The van der Waals surface area contributed by atoms with Crippen molar-refractivity contribution in [3.63, 3.8) is 0 Å². The zero-order chi connectivity index (χ0) is 16.5. The first-order chi connectivity index (χ1) is 11.8. The van der Waals surface area contributed by atoms with Crippen LogP contribution in [0.3, 0.4) is 0 Å². The van der Waals surface area contributed by atoms with Gasteiger partial charge in [0.15, 0.2) is 0 Å². The number of hydrogen-bond donors (Lipinski definition) is 2. The highest BCUT2D eigenvalue weighted by atomic mass is 16.3. The van der Waals surface area contributed by atoms with Crippen molar-refractivity contribution >= 4 is 32.3 Å². The highest BCUT2D eigenvalue weighted by Gasteiger charge is 2.11. The molecule has 0 heterocycles. The molecule has 2 N–H and O–H groups in total. The molecule has 2 heteroatoms. The van der Waals surface area contributed by atoms with Crippen LogP contribution >= 0.6 is 0 Å². The van der Waals surface area contributed by atoms with Crippen molar-refractivity contribution < 1.29 is 10.2 Å². The average Bonchev–Trinajstić information content (AvgIpc) is 2.62. The lowest BCUT2D eigenvalue weighted by molar-refractivity contribution is 0.300. The van der Waals surface area contributed by atoms with Gasteiger partial charge >= 0.3 is 0 Å². The molecule has 0 aromatic heterocycles. The Morgan fingerprint density at radius 1 is 0.583 bits per heavy atom. The van der Waals surface area contributed by atoms with Crippen LogP contribution in [0.2, 0.25) is 0 Å². The quantitative estimate of drug-likeness (QED) is 0.554. The topological polar surface area (TPSA) is 40.5 Å². The molecule has 0 radical (unpaired) electrons. The van der Waals surface area contributed by atoms with E-state index in [9.17, 15) is 10.2 Å². The van der Waals surface area contributed by atoms with Crippen LogP contribution in [-0.4, -0.2) is 23.4 Å². The maximum Gasteiger partial charge on any atom is 0.0471 e. The first-order valence-corrected chi connectivity index (χ1v) is 8.40. The van der Waals surface area contributed by atoms with E-state index >= 15 is 0 Å². The van der Waals surface area contributed by atoms with Crippen molar-refractivity contribution in [2.24, 2.45) is 0 Å². The van der Waals surface area contributed by atoms with Gasteiger partial charge in [0.1, 0.15) is 0 Å². The van der Waals surface area contributed by atoms with Gasteiger partial charge in [-0.05, 0) is 62.4 Å². The summed E-state index contributed by atoms with van der Waals surface area (Å²) in [5.74, 6) is 0. The number of benzene rings is 4. The molecule has 0 bridgehead atoms. The van der Waals surface area contributed by atoms with E-state index < -0.39 is 0 Å². The fraction of sp³-hybridized carbons (Fsp3) is 0.182. The second-order valence-electron chi connectivity index (χ2n) is 6.20. The molecule has 0 atom stereocenters. The van der Waals surface area contributed by atoms with E-state index in [0.717, 1.165) is 0 Å². The van der Waals surface area contributed by atoms with Crippen molar-refractivity contribution in [1.29, 1.82) is 0 Å². The van der Waals surface area contributed by atoms with Gasteiger partial charge in [-0.25, -0.2) is 0 Å². The molecule has 4 aromatic rings. The van der Waals surface area contributed by atoms with Gasteiger partial charge in [-0.3, -0.25) is 0 Å². The number of hydrogen-bond acceptors (Lipinski definition) is 2. The van der Waals surface area contributed by atoms with E-state index in [1.807, 2.05) is 6.07 Å². The second-order valence-corrected chi connectivity index (χ2v) is 6.20. The Labute approximate surface area is 141 Å². The fourth-order valence-electron chi connectivity index (χ4n) is 3.78. The molecule has 120 valence electrons. The molecule has 0 aliphatic rings. The van der Waals surface area contributed by atoms with Crippen LogP contribution in [0.4, 0.5) is 0 Å². The van der Waals surface area contributed by atoms with Gasteiger partial charge in [0, 0.05) is 13.2 Å². The van der Waals surface area contributed by atoms with Crippen LogP contribution in [0.5, 0.6) is 0 Å². The van der Waals surface area contributed by atoms with Gasteiger partial charge in [-0.1, -0.05) is 54.6 Å². The average molecular weight is 316 g/mol. The minimum absolute atomic E-state index is 0.143. The molecule has 0 fully saturated rings. The van der Waals surface area contributed by atoms with Crippen molar-refractivity contribution in [3.8, 4) is 0 Å². The normalized spacial score (nSPS) is 11.6. The van der Waals surface area contributed by atoms with Gasteiger partial charge in [-0.15, -0.1) is 0 Å². The van der Waals surface area contributed by atoms with E-state index in [2.05, 4.69) is 54.6 Å². The van der Waals surface area contributed by atoms with Gasteiger partial charge < -0.3 is 10.2 Å². The lowest BCUT2D eigenvalue weighted by Gasteiger charge is -2.14. The second kappa shape index (κ2) is 6.23. The van der Waals surface area contributed by atoms with E-state index in [0.29, 0.717) is 12.8 Å². The monoisotopic (exact) mass is 316 g/mol. The Kier molecular flexibility index (Phi) is 3.93. The van der Waals surface area contributed by atoms with Crippen LogP contribution < -0.4 is 0 Å². The lowest BCUT2D eigenvalue weighted by Crippen LogP contribution is -1.96. The zero-order valence-electron chi connectivity index (χ0n) is 13.5. The van der Waals surface area contributed by atoms with Crippen LogP contribution in [-0.2, 0) is 12.8 Å². The Morgan fingerprint density at radius 2 is 1.29 bits per heavy atom. The Hall–Kier alpha value is -2.42. The summed E-state index contributed by atoms with van der Waals surface area (Å²) in [6.45, 7) is 0.288. The van der Waals surface area contributed by atoms with Crippen molar-refractivity contribution in [1.82, 2.24) is 0 Å². The first-order valence-electron chi connectivity index (χ1n) is 8.40. The lowest BCUT2D eigenvalue weighted by atomic mass is 9.90. The predicted octanol–water partition coefficient (Wildman–Crippen LogP) is 4.22. The molecule has 0 aliphatic carbocycles. The minimum atomic E-state index is 0.143. The summed E-state index contributed by atoms with van der Waals surface area (Å²) in [4.78, 5) is 0. The van der Waals surface area contributed by atoms with Gasteiger partial charge in [0.25, 0.3) is 0 Å². The molecule has 0 amide bonds.